The van der Waals surface area contributed by atoms with Crippen molar-refractivity contribution >= 4 is 11.6 Å². The number of nitrogens with two attached hydrogens (primary N) is 1. The SMILES string of the molecule is CC(C)C(N)CC(=O)N1CCCc2ccccc21. The van der Waals surface area contributed by atoms with E-state index in [4.69, 9.17) is 5.73 Å². The van der Waals surface area contributed by atoms with E-state index in [0.29, 0.717) is 12.3 Å². The summed E-state index contributed by atoms with van der Waals surface area (Å²) in [6.45, 7) is 4.94. The molecule has 0 spiro atoms. The Bertz CT molecular complexity index is 428. The molecule has 0 saturated heterocycles. The highest BCUT2D eigenvalue weighted by molar-refractivity contribution is 5.94. The standard InChI is InChI=1S/C15H22N2O/c1-11(2)13(16)10-15(18)17-9-5-7-12-6-3-4-8-14(12)17/h3-4,6,8,11,13H,5,7,9-10,16H2,1-2H3. The molecule has 1 aliphatic heterocycles. The molecule has 0 aromatic heterocycles. The molecule has 98 valence electrons. The third-order valence-electron chi connectivity index (χ3n) is 3.68. The first-order chi connectivity index (χ1) is 8.59. The van der Waals surface area contributed by atoms with Crippen LogP contribution in [0.4, 0.5) is 5.69 Å². The van der Waals surface area contributed by atoms with Crippen LogP contribution in [0.15, 0.2) is 24.3 Å². The zero-order valence-electron chi connectivity index (χ0n) is 11.2. The van der Waals surface area contributed by atoms with Gasteiger partial charge in [-0.3, -0.25) is 4.79 Å². The number of aryl methyl sites for hydroxylation is 1. The Morgan fingerprint density at radius 1 is 1.39 bits per heavy atom. The van der Waals surface area contributed by atoms with Crippen LogP contribution in [0.5, 0.6) is 0 Å². The van der Waals surface area contributed by atoms with Crippen LogP contribution in [0.25, 0.3) is 0 Å². The van der Waals surface area contributed by atoms with Crippen molar-refractivity contribution in [2.24, 2.45) is 11.7 Å². The summed E-state index contributed by atoms with van der Waals surface area (Å²) in [7, 11) is 0. The molecule has 0 radical (unpaired) electrons. The highest BCUT2D eigenvalue weighted by Gasteiger charge is 2.24. The van der Waals surface area contributed by atoms with Crippen molar-refractivity contribution < 1.29 is 4.79 Å². The lowest BCUT2D eigenvalue weighted by Gasteiger charge is -2.30. The highest BCUT2D eigenvalue weighted by atomic mass is 16.2. The topological polar surface area (TPSA) is 46.3 Å². The Morgan fingerprint density at radius 2 is 2.11 bits per heavy atom. The molecular formula is C15H22N2O. The lowest BCUT2D eigenvalue weighted by atomic mass is 9.98. The number of anilines is 1. The van der Waals surface area contributed by atoms with E-state index in [0.717, 1.165) is 25.1 Å². The number of carbonyl (C=O) groups is 1. The molecule has 1 aromatic rings. The molecule has 18 heavy (non-hydrogen) atoms. The number of para-hydroxylation sites is 1. The molecule has 1 heterocycles. The van der Waals surface area contributed by atoms with E-state index in [1.807, 2.05) is 23.1 Å². The van der Waals surface area contributed by atoms with E-state index < -0.39 is 0 Å². The molecule has 3 nitrogen and oxygen atoms in total. The van der Waals surface area contributed by atoms with Crippen molar-refractivity contribution in [1.82, 2.24) is 0 Å². The molecule has 0 fully saturated rings. The van der Waals surface area contributed by atoms with Crippen molar-refractivity contribution in [2.75, 3.05) is 11.4 Å². The number of carbonyl (C=O) groups excluding carboxylic acids is 1. The minimum atomic E-state index is -0.0495. The van der Waals surface area contributed by atoms with Crippen molar-refractivity contribution in [3.05, 3.63) is 29.8 Å². The molecule has 1 atom stereocenters. The van der Waals surface area contributed by atoms with Crippen LogP contribution >= 0.6 is 0 Å². The zero-order valence-corrected chi connectivity index (χ0v) is 11.2. The van der Waals surface area contributed by atoms with Gasteiger partial charge in [0.2, 0.25) is 5.91 Å². The first-order valence-electron chi connectivity index (χ1n) is 6.73. The fourth-order valence-corrected chi connectivity index (χ4v) is 2.34. The van der Waals surface area contributed by atoms with Gasteiger partial charge in [-0.2, -0.15) is 0 Å². The van der Waals surface area contributed by atoms with Gasteiger partial charge in [0.1, 0.15) is 0 Å². The fraction of sp³-hybridized carbons (Fsp3) is 0.533. The van der Waals surface area contributed by atoms with E-state index in [2.05, 4.69) is 19.9 Å². The van der Waals surface area contributed by atoms with Gasteiger partial charge in [0.25, 0.3) is 0 Å². The third-order valence-corrected chi connectivity index (χ3v) is 3.68. The molecule has 1 aromatic carbocycles. The van der Waals surface area contributed by atoms with E-state index in [9.17, 15) is 4.79 Å². The summed E-state index contributed by atoms with van der Waals surface area (Å²) in [6.07, 6.45) is 2.54. The summed E-state index contributed by atoms with van der Waals surface area (Å²) >= 11 is 0. The van der Waals surface area contributed by atoms with Crippen molar-refractivity contribution in [1.29, 1.82) is 0 Å². The van der Waals surface area contributed by atoms with Gasteiger partial charge >= 0.3 is 0 Å². The smallest absolute Gasteiger partial charge is 0.228 e. The molecule has 1 amide bonds. The monoisotopic (exact) mass is 246 g/mol. The normalized spacial score (nSPS) is 16.6. The Morgan fingerprint density at radius 3 is 2.83 bits per heavy atom. The minimum absolute atomic E-state index is 0.0495. The van der Waals surface area contributed by atoms with Gasteiger partial charge in [-0.1, -0.05) is 32.0 Å². The quantitative estimate of drug-likeness (QED) is 0.889. The Kier molecular flexibility index (Phi) is 4.02. The van der Waals surface area contributed by atoms with Crippen LogP contribution in [-0.4, -0.2) is 18.5 Å². The molecule has 2 N–H and O–H groups in total. The molecular weight excluding hydrogens is 224 g/mol. The second-order valence-corrected chi connectivity index (χ2v) is 5.39. The number of amides is 1. The van der Waals surface area contributed by atoms with Crippen molar-refractivity contribution in [2.45, 2.75) is 39.2 Å². The van der Waals surface area contributed by atoms with Crippen LogP contribution < -0.4 is 10.6 Å². The Hall–Kier alpha value is -1.35. The van der Waals surface area contributed by atoms with Crippen LogP contribution in [0.1, 0.15) is 32.3 Å². The number of fused-ring (bicyclic) bond motifs is 1. The van der Waals surface area contributed by atoms with Gasteiger partial charge in [-0.05, 0) is 30.4 Å². The summed E-state index contributed by atoms with van der Waals surface area (Å²) in [4.78, 5) is 14.2. The van der Waals surface area contributed by atoms with Gasteiger partial charge in [0.15, 0.2) is 0 Å². The zero-order chi connectivity index (χ0) is 13.1. The lowest BCUT2D eigenvalue weighted by Crippen LogP contribution is -2.40. The maximum atomic E-state index is 12.3. The summed E-state index contributed by atoms with van der Waals surface area (Å²) in [5.41, 5.74) is 8.34. The predicted octanol–water partition coefficient (Wildman–Crippen LogP) is 2.34. The number of rotatable bonds is 3. The number of benzene rings is 1. The molecule has 0 saturated carbocycles. The van der Waals surface area contributed by atoms with E-state index in [1.54, 1.807) is 0 Å². The van der Waals surface area contributed by atoms with Crippen LogP contribution in [0.2, 0.25) is 0 Å². The summed E-state index contributed by atoms with van der Waals surface area (Å²) in [5, 5.41) is 0. The molecule has 1 aliphatic rings. The number of hydrogen-bond donors (Lipinski definition) is 1. The van der Waals surface area contributed by atoms with E-state index in [1.165, 1.54) is 5.56 Å². The lowest BCUT2D eigenvalue weighted by molar-refractivity contribution is -0.119. The second-order valence-electron chi connectivity index (χ2n) is 5.39. The number of nitrogens with zero attached hydrogens (tertiary/aromatic N) is 1. The summed E-state index contributed by atoms with van der Waals surface area (Å²) < 4.78 is 0. The molecule has 1 unspecified atom stereocenters. The van der Waals surface area contributed by atoms with Gasteiger partial charge in [0.05, 0.1) is 0 Å². The number of hydrogen-bond acceptors (Lipinski definition) is 2. The molecule has 0 aliphatic carbocycles. The minimum Gasteiger partial charge on any atom is -0.327 e. The molecule has 2 rings (SSSR count). The summed E-state index contributed by atoms with van der Waals surface area (Å²) in [5.74, 6) is 0.498. The Balaban J connectivity index is 2.13. The molecule has 0 bridgehead atoms. The first-order valence-corrected chi connectivity index (χ1v) is 6.73. The van der Waals surface area contributed by atoms with Crippen LogP contribution in [0, 0.1) is 5.92 Å². The third kappa shape index (κ3) is 2.72. The maximum absolute atomic E-state index is 12.3. The second kappa shape index (κ2) is 5.53. The van der Waals surface area contributed by atoms with Crippen molar-refractivity contribution in [3.63, 3.8) is 0 Å². The fourth-order valence-electron chi connectivity index (χ4n) is 2.34. The molecule has 3 heteroatoms. The maximum Gasteiger partial charge on any atom is 0.228 e. The van der Waals surface area contributed by atoms with Gasteiger partial charge in [-0.15, -0.1) is 0 Å². The average Bonchev–Trinajstić information content (AvgIpc) is 2.37. The average molecular weight is 246 g/mol. The van der Waals surface area contributed by atoms with E-state index in [-0.39, 0.29) is 11.9 Å². The summed E-state index contributed by atoms with van der Waals surface area (Å²) in [6, 6.07) is 8.12. The van der Waals surface area contributed by atoms with Crippen molar-refractivity contribution in [3.8, 4) is 0 Å². The highest BCUT2D eigenvalue weighted by Crippen LogP contribution is 2.27. The van der Waals surface area contributed by atoms with Gasteiger partial charge in [0, 0.05) is 24.7 Å². The van der Waals surface area contributed by atoms with Crippen LogP contribution in [-0.2, 0) is 11.2 Å². The van der Waals surface area contributed by atoms with Crippen LogP contribution in [0.3, 0.4) is 0 Å². The predicted molar refractivity (Wildman–Crippen MR) is 74.5 cm³/mol. The van der Waals surface area contributed by atoms with Gasteiger partial charge < -0.3 is 10.6 Å². The van der Waals surface area contributed by atoms with E-state index >= 15 is 0 Å². The first kappa shape index (κ1) is 13.1. The Labute approximate surface area is 109 Å². The largest absolute Gasteiger partial charge is 0.327 e. The van der Waals surface area contributed by atoms with Gasteiger partial charge in [-0.25, -0.2) is 0 Å².